The van der Waals surface area contributed by atoms with E-state index in [4.69, 9.17) is 11.6 Å². The quantitative estimate of drug-likeness (QED) is 0.450. The molecule has 0 spiro atoms. The Bertz CT molecular complexity index is 517. The molecular weight excluding hydrogens is 271 g/mol. The molecule has 0 aromatic carbocycles. The predicted octanol–water partition coefficient (Wildman–Crippen LogP) is 2.67. The third-order valence-corrected chi connectivity index (χ3v) is 1.97. The molecule has 3 nitrogen and oxygen atoms in total. The Morgan fingerprint density at radius 2 is 2.17 bits per heavy atom. The third kappa shape index (κ3) is 4.26. The second kappa shape index (κ2) is 5.74. The summed E-state index contributed by atoms with van der Waals surface area (Å²) in [5.41, 5.74) is -1.09. The van der Waals surface area contributed by atoms with Gasteiger partial charge in [0.25, 0.3) is 0 Å². The van der Waals surface area contributed by atoms with Crippen LogP contribution in [0.25, 0.3) is 0 Å². The molecule has 1 rings (SSSR count). The number of hydrogen-bond acceptors (Lipinski definition) is 3. The van der Waals surface area contributed by atoms with E-state index in [1.165, 1.54) is 13.2 Å². The normalized spacial score (nSPS) is 10.5. The average molecular weight is 278 g/mol. The molecule has 0 N–H and O–H groups in total. The zero-order valence-corrected chi connectivity index (χ0v) is 9.89. The molecule has 0 bridgehead atoms. The van der Waals surface area contributed by atoms with E-state index >= 15 is 0 Å². The summed E-state index contributed by atoms with van der Waals surface area (Å²) in [4.78, 5) is 13.9. The number of rotatable bonds is 1. The summed E-state index contributed by atoms with van der Waals surface area (Å²) in [5, 5.41) is -0.313. The van der Waals surface area contributed by atoms with Crippen LogP contribution in [0, 0.1) is 11.8 Å². The molecule has 0 fully saturated rings. The van der Waals surface area contributed by atoms with Crippen molar-refractivity contribution in [3.8, 4) is 11.8 Å². The summed E-state index contributed by atoms with van der Waals surface area (Å²) >= 11 is 5.45. The highest BCUT2D eigenvalue weighted by molar-refractivity contribution is 6.29. The van der Waals surface area contributed by atoms with Gasteiger partial charge in [0, 0.05) is 5.56 Å². The van der Waals surface area contributed by atoms with Crippen LogP contribution in [-0.4, -0.2) is 18.1 Å². The molecule has 0 atom stereocenters. The van der Waals surface area contributed by atoms with Crippen LogP contribution in [0.4, 0.5) is 13.2 Å². The molecule has 0 amide bonds. The Kier molecular flexibility index (Phi) is 4.56. The number of nitrogens with zero attached hydrogens (tertiary/aromatic N) is 1. The number of halogens is 4. The summed E-state index contributed by atoms with van der Waals surface area (Å²) in [7, 11) is 1.19. The van der Waals surface area contributed by atoms with Crippen LogP contribution in [0.3, 0.4) is 0 Å². The molecule has 0 saturated heterocycles. The Balaban J connectivity index is 2.97. The first kappa shape index (κ1) is 14.3. The lowest BCUT2D eigenvalue weighted by molar-refractivity contribution is -0.141. The van der Waals surface area contributed by atoms with Gasteiger partial charge in [-0.05, 0) is 12.1 Å². The molecule has 0 aliphatic carbocycles. The highest BCUT2D eigenvalue weighted by Crippen LogP contribution is 2.29. The zero-order chi connectivity index (χ0) is 13.8. The summed E-state index contributed by atoms with van der Waals surface area (Å²) in [6.45, 7) is 0. The van der Waals surface area contributed by atoms with Crippen LogP contribution in [0.5, 0.6) is 0 Å². The van der Waals surface area contributed by atoms with E-state index in [1.807, 2.05) is 0 Å². The van der Waals surface area contributed by atoms with E-state index < -0.39 is 17.8 Å². The SMILES string of the molecule is COC(=O)CC#Cc1cc(Cl)nc(C(F)(F)F)c1. The van der Waals surface area contributed by atoms with Crippen molar-refractivity contribution in [2.45, 2.75) is 12.6 Å². The van der Waals surface area contributed by atoms with Gasteiger partial charge >= 0.3 is 12.1 Å². The number of aromatic nitrogens is 1. The first-order chi connectivity index (χ1) is 8.32. The van der Waals surface area contributed by atoms with Gasteiger partial charge in [0.1, 0.15) is 17.3 Å². The lowest BCUT2D eigenvalue weighted by Gasteiger charge is -2.05. The molecular formula is C11H7ClF3NO2. The Labute approximate surface area is 106 Å². The highest BCUT2D eigenvalue weighted by atomic mass is 35.5. The van der Waals surface area contributed by atoms with Gasteiger partial charge in [-0.2, -0.15) is 13.2 Å². The third-order valence-electron chi connectivity index (χ3n) is 1.78. The van der Waals surface area contributed by atoms with Gasteiger partial charge in [-0.15, -0.1) is 0 Å². The predicted molar refractivity (Wildman–Crippen MR) is 57.8 cm³/mol. The van der Waals surface area contributed by atoms with Gasteiger partial charge in [0.2, 0.25) is 0 Å². The van der Waals surface area contributed by atoms with Crippen molar-refractivity contribution in [2.75, 3.05) is 7.11 Å². The maximum absolute atomic E-state index is 12.4. The lowest BCUT2D eigenvalue weighted by atomic mass is 10.2. The van der Waals surface area contributed by atoms with Gasteiger partial charge in [0.15, 0.2) is 0 Å². The zero-order valence-electron chi connectivity index (χ0n) is 9.14. The maximum Gasteiger partial charge on any atom is 0.433 e. The molecule has 1 heterocycles. The van der Waals surface area contributed by atoms with Crippen molar-refractivity contribution in [1.29, 1.82) is 0 Å². The summed E-state index contributed by atoms with van der Waals surface area (Å²) in [5.74, 6) is 4.20. The van der Waals surface area contributed by atoms with E-state index in [-0.39, 0.29) is 17.1 Å². The molecule has 18 heavy (non-hydrogen) atoms. The van der Waals surface area contributed by atoms with E-state index in [1.54, 1.807) is 0 Å². The average Bonchev–Trinajstić information content (AvgIpc) is 2.27. The number of methoxy groups -OCH3 is 1. The number of ether oxygens (including phenoxy) is 1. The van der Waals surface area contributed by atoms with Crippen LogP contribution in [0.2, 0.25) is 5.15 Å². The van der Waals surface area contributed by atoms with Crippen LogP contribution in [-0.2, 0) is 15.7 Å². The number of alkyl halides is 3. The second-order valence-corrected chi connectivity index (χ2v) is 3.50. The fraction of sp³-hybridized carbons (Fsp3) is 0.273. The van der Waals surface area contributed by atoms with Crippen molar-refractivity contribution in [3.05, 3.63) is 28.5 Å². The minimum absolute atomic E-state index is 0.0335. The monoisotopic (exact) mass is 277 g/mol. The maximum atomic E-state index is 12.4. The molecule has 1 aromatic heterocycles. The highest BCUT2D eigenvalue weighted by Gasteiger charge is 2.33. The fourth-order valence-electron chi connectivity index (χ4n) is 1.00. The van der Waals surface area contributed by atoms with Crippen molar-refractivity contribution in [3.63, 3.8) is 0 Å². The van der Waals surface area contributed by atoms with Crippen molar-refractivity contribution in [2.24, 2.45) is 0 Å². The van der Waals surface area contributed by atoms with Crippen LogP contribution in [0.15, 0.2) is 12.1 Å². The number of hydrogen-bond donors (Lipinski definition) is 0. The smallest absolute Gasteiger partial charge is 0.433 e. The Hall–Kier alpha value is -1.74. The molecule has 7 heteroatoms. The number of carbonyl (C=O) groups excluding carboxylic acids is 1. The first-order valence-corrected chi connectivity index (χ1v) is 5.01. The van der Waals surface area contributed by atoms with Crippen LogP contribution >= 0.6 is 11.6 Å². The van der Waals surface area contributed by atoms with Gasteiger partial charge in [0.05, 0.1) is 7.11 Å². The topological polar surface area (TPSA) is 39.2 Å². The molecule has 0 aliphatic heterocycles. The summed E-state index contributed by atoms with van der Waals surface area (Å²) < 4.78 is 41.6. The Morgan fingerprint density at radius 3 is 2.72 bits per heavy atom. The van der Waals surface area contributed by atoms with E-state index in [0.717, 1.165) is 6.07 Å². The van der Waals surface area contributed by atoms with Crippen molar-refractivity contribution in [1.82, 2.24) is 4.98 Å². The number of pyridine rings is 1. The molecule has 96 valence electrons. The Morgan fingerprint density at radius 1 is 1.50 bits per heavy atom. The largest absolute Gasteiger partial charge is 0.468 e. The van der Waals surface area contributed by atoms with Crippen molar-refractivity contribution >= 4 is 17.6 Å². The van der Waals surface area contributed by atoms with E-state index in [2.05, 4.69) is 21.6 Å². The van der Waals surface area contributed by atoms with Crippen molar-refractivity contribution < 1.29 is 22.7 Å². The minimum atomic E-state index is -4.59. The van der Waals surface area contributed by atoms with Gasteiger partial charge in [-0.1, -0.05) is 23.4 Å². The minimum Gasteiger partial charge on any atom is -0.468 e. The van der Waals surface area contributed by atoms with E-state index in [9.17, 15) is 18.0 Å². The fourth-order valence-corrected chi connectivity index (χ4v) is 1.21. The van der Waals surface area contributed by atoms with Crippen LogP contribution < -0.4 is 0 Å². The molecule has 0 saturated carbocycles. The molecule has 0 radical (unpaired) electrons. The van der Waals surface area contributed by atoms with Gasteiger partial charge < -0.3 is 4.74 Å². The van der Waals surface area contributed by atoms with Crippen LogP contribution in [0.1, 0.15) is 17.7 Å². The summed E-state index contributed by atoms with van der Waals surface area (Å²) in [6.07, 6.45) is -4.80. The molecule has 0 aliphatic rings. The molecule has 1 aromatic rings. The molecule has 0 unspecified atom stereocenters. The summed E-state index contributed by atoms with van der Waals surface area (Å²) in [6, 6.07) is 1.94. The van der Waals surface area contributed by atoms with Gasteiger partial charge in [-0.25, -0.2) is 4.98 Å². The lowest BCUT2D eigenvalue weighted by Crippen LogP contribution is -2.08. The first-order valence-electron chi connectivity index (χ1n) is 4.63. The van der Waals surface area contributed by atoms with E-state index in [0.29, 0.717) is 0 Å². The second-order valence-electron chi connectivity index (χ2n) is 3.12. The van der Waals surface area contributed by atoms with Gasteiger partial charge in [-0.3, -0.25) is 4.79 Å². The number of esters is 1. The number of carbonyl (C=O) groups is 1. The standard InChI is InChI=1S/C11H7ClF3NO2/c1-18-10(17)4-2-3-7-5-8(11(13,14)15)16-9(12)6-7/h5-6H,4H2,1H3.